The number of carbonyl (C=O) groups excluding carboxylic acids is 1. The average molecular weight is 237 g/mol. The molecule has 5 heteroatoms. The number of anilines is 1. The van der Waals surface area contributed by atoms with Crippen LogP contribution in [0.1, 0.15) is 32.1 Å². The van der Waals surface area contributed by atoms with Crippen LogP contribution in [0.4, 0.5) is 5.82 Å². The lowest BCUT2D eigenvalue weighted by Gasteiger charge is -2.04. The van der Waals surface area contributed by atoms with Gasteiger partial charge in [0, 0.05) is 19.2 Å². The van der Waals surface area contributed by atoms with Crippen molar-refractivity contribution in [3.8, 4) is 0 Å². The number of hydrogen-bond acceptors (Lipinski definition) is 4. The summed E-state index contributed by atoms with van der Waals surface area (Å²) in [4.78, 5) is 14.9. The molecule has 0 spiro atoms. The summed E-state index contributed by atoms with van der Waals surface area (Å²) in [6.07, 6.45) is 6.09. The van der Waals surface area contributed by atoms with Gasteiger partial charge in [0.1, 0.15) is 5.82 Å². The minimum absolute atomic E-state index is 0.309. The predicted octanol–water partition coefficient (Wildman–Crippen LogP) is 1.95. The number of hydrogen-bond donors (Lipinski definition) is 3. The first-order chi connectivity index (χ1) is 8.33. The van der Waals surface area contributed by atoms with Crippen molar-refractivity contribution in [2.75, 3.05) is 11.9 Å². The molecular weight excluding hydrogens is 218 g/mol. The molecule has 0 unspecified atom stereocenters. The van der Waals surface area contributed by atoms with Crippen molar-refractivity contribution in [1.82, 2.24) is 10.5 Å². The summed E-state index contributed by atoms with van der Waals surface area (Å²) in [6.45, 7) is 0.892. The highest BCUT2D eigenvalue weighted by molar-refractivity contribution is 5.74. The van der Waals surface area contributed by atoms with Crippen LogP contribution in [0, 0.1) is 0 Å². The van der Waals surface area contributed by atoms with Crippen molar-refractivity contribution < 1.29 is 10.0 Å². The van der Waals surface area contributed by atoms with Crippen molar-refractivity contribution >= 4 is 11.7 Å². The van der Waals surface area contributed by atoms with Crippen molar-refractivity contribution in [2.24, 2.45) is 0 Å². The number of aromatic nitrogens is 1. The molecule has 94 valence electrons. The van der Waals surface area contributed by atoms with E-state index in [1.54, 1.807) is 11.7 Å². The third-order valence-corrected chi connectivity index (χ3v) is 2.43. The Labute approximate surface area is 101 Å². The van der Waals surface area contributed by atoms with Gasteiger partial charge >= 0.3 is 0 Å². The number of nitrogens with one attached hydrogen (secondary N) is 2. The maximum atomic E-state index is 10.7. The van der Waals surface area contributed by atoms with Gasteiger partial charge in [-0.3, -0.25) is 10.0 Å². The third-order valence-electron chi connectivity index (χ3n) is 2.43. The van der Waals surface area contributed by atoms with Gasteiger partial charge in [-0.1, -0.05) is 18.9 Å². The minimum Gasteiger partial charge on any atom is -0.370 e. The average Bonchev–Trinajstić information content (AvgIpc) is 2.38. The molecule has 0 saturated carbocycles. The molecule has 0 aliphatic heterocycles. The molecule has 1 rings (SSSR count). The van der Waals surface area contributed by atoms with Gasteiger partial charge in [0.05, 0.1) is 0 Å². The van der Waals surface area contributed by atoms with E-state index in [2.05, 4.69) is 10.3 Å². The summed E-state index contributed by atoms with van der Waals surface area (Å²) in [5.74, 6) is 0.587. The maximum Gasteiger partial charge on any atom is 0.243 e. The first-order valence-corrected chi connectivity index (χ1v) is 5.91. The molecule has 3 N–H and O–H groups in total. The predicted molar refractivity (Wildman–Crippen MR) is 65.7 cm³/mol. The molecule has 1 aromatic rings. The Balaban J connectivity index is 1.93. The highest BCUT2D eigenvalue weighted by Gasteiger charge is 1.98. The zero-order valence-electron chi connectivity index (χ0n) is 9.85. The number of pyridine rings is 1. The van der Waals surface area contributed by atoms with Crippen molar-refractivity contribution in [2.45, 2.75) is 32.1 Å². The van der Waals surface area contributed by atoms with Gasteiger partial charge in [0.25, 0.3) is 0 Å². The molecule has 0 saturated heterocycles. The van der Waals surface area contributed by atoms with Crippen LogP contribution in [0.3, 0.4) is 0 Å². The molecule has 0 aliphatic carbocycles. The number of amides is 1. The van der Waals surface area contributed by atoms with E-state index in [1.165, 1.54) is 0 Å². The number of rotatable bonds is 8. The lowest BCUT2D eigenvalue weighted by molar-refractivity contribution is -0.129. The summed E-state index contributed by atoms with van der Waals surface area (Å²) in [5, 5.41) is 11.5. The van der Waals surface area contributed by atoms with Gasteiger partial charge in [-0.05, 0) is 25.0 Å². The molecule has 17 heavy (non-hydrogen) atoms. The molecule has 1 aromatic heterocycles. The van der Waals surface area contributed by atoms with Crippen LogP contribution in [0.25, 0.3) is 0 Å². The summed E-state index contributed by atoms with van der Waals surface area (Å²) in [5.41, 5.74) is 1.63. The summed E-state index contributed by atoms with van der Waals surface area (Å²) >= 11 is 0. The van der Waals surface area contributed by atoms with Crippen molar-refractivity contribution in [1.29, 1.82) is 0 Å². The SMILES string of the molecule is O=C(CCCCCCNc1ccccn1)NO. The number of hydroxylamine groups is 1. The standard InChI is InChI=1S/C12H19N3O2/c16-12(15-17)8-3-1-2-5-9-13-11-7-4-6-10-14-11/h4,6-7,10,17H,1-3,5,8-9H2,(H,13,14)(H,15,16). The first kappa shape index (κ1) is 13.4. The molecule has 0 aliphatic rings. The van der Waals surface area contributed by atoms with Gasteiger partial charge in [-0.2, -0.15) is 0 Å². The highest BCUT2D eigenvalue weighted by atomic mass is 16.5. The van der Waals surface area contributed by atoms with E-state index in [1.807, 2.05) is 18.2 Å². The van der Waals surface area contributed by atoms with E-state index in [9.17, 15) is 4.79 Å². The lowest BCUT2D eigenvalue weighted by atomic mass is 10.1. The topological polar surface area (TPSA) is 74.2 Å². The van der Waals surface area contributed by atoms with Gasteiger partial charge in [0.15, 0.2) is 0 Å². The Morgan fingerprint density at radius 3 is 2.76 bits per heavy atom. The second-order valence-electron chi connectivity index (χ2n) is 3.84. The van der Waals surface area contributed by atoms with Crippen molar-refractivity contribution in [3.05, 3.63) is 24.4 Å². The number of carbonyl (C=O) groups is 1. The van der Waals surface area contributed by atoms with Crippen molar-refractivity contribution in [3.63, 3.8) is 0 Å². The fourth-order valence-electron chi connectivity index (χ4n) is 1.50. The molecule has 0 atom stereocenters. The first-order valence-electron chi connectivity index (χ1n) is 5.91. The summed E-state index contributed by atoms with van der Waals surface area (Å²) in [6, 6.07) is 5.77. The molecule has 1 heterocycles. The second kappa shape index (κ2) is 8.52. The van der Waals surface area contributed by atoms with Crippen LogP contribution < -0.4 is 10.8 Å². The summed E-state index contributed by atoms with van der Waals surface area (Å²) in [7, 11) is 0. The Morgan fingerprint density at radius 1 is 1.24 bits per heavy atom. The molecule has 0 aromatic carbocycles. The Bertz CT molecular complexity index is 317. The second-order valence-corrected chi connectivity index (χ2v) is 3.84. The van der Waals surface area contributed by atoms with Gasteiger partial charge in [0.2, 0.25) is 5.91 Å². The zero-order chi connectivity index (χ0) is 12.3. The monoisotopic (exact) mass is 237 g/mol. The van der Waals surface area contributed by atoms with Crippen LogP contribution in [0.2, 0.25) is 0 Å². The lowest BCUT2D eigenvalue weighted by Crippen LogP contribution is -2.17. The Kier molecular flexibility index (Phi) is 6.74. The molecule has 0 fully saturated rings. The van der Waals surface area contributed by atoms with Crippen LogP contribution in [-0.2, 0) is 4.79 Å². The van der Waals surface area contributed by atoms with Crippen LogP contribution in [-0.4, -0.2) is 22.6 Å². The maximum absolute atomic E-state index is 10.7. The fourth-order valence-corrected chi connectivity index (χ4v) is 1.50. The smallest absolute Gasteiger partial charge is 0.243 e. The van der Waals surface area contributed by atoms with E-state index in [0.717, 1.165) is 38.0 Å². The largest absolute Gasteiger partial charge is 0.370 e. The van der Waals surface area contributed by atoms with Gasteiger partial charge < -0.3 is 5.32 Å². The number of nitrogens with zero attached hydrogens (tertiary/aromatic N) is 1. The number of unbranched alkanes of at least 4 members (excludes halogenated alkanes) is 3. The fraction of sp³-hybridized carbons (Fsp3) is 0.500. The molecule has 1 amide bonds. The van der Waals surface area contributed by atoms with E-state index >= 15 is 0 Å². The Hall–Kier alpha value is -1.62. The normalized spacial score (nSPS) is 9.94. The molecule has 5 nitrogen and oxygen atoms in total. The van der Waals surface area contributed by atoms with Crippen LogP contribution in [0.15, 0.2) is 24.4 Å². The summed E-state index contributed by atoms with van der Waals surface area (Å²) < 4.78 is 0. The van der Waals surface area contributed by atoms with E-state index in [0.29, 0.717) is 6.42 Å². The van der Waals surface area contributed by atoms with E-state index < -0.39 is 0 Å². The highest BCUT2D eigenvalue weighted by Crippen LogP contribution is 2.04. The van der Waals surface area contributed by atoms with Gasteiger partial charge in [-0.15, -0.1) is 0 Å². The quantitative estimate of drug-likeness (QED) is 0.367. The van der Waals surface area contributed by atoms with Crippen LogP contribution in [0.5, 0.6) is 0 Å². The van der Waals surface area contributed by atoms with Gasteiger partial charge in [-0.25, -0.2) is 10.5 Å². The molecule has 0 radical (unpaired) electrons. The molecular formula is C12H19N3O2. The Morgan fingerprint density at radius 2 is 2.06 bits per heavy atom. The van der Waals surface area contributed by atoms with E-state index in [-0.39, 0.29) is 5.91 Å². The van der Waals surface area contributed by atoms with E-state index in [4.69, 9.17) is 5.21 Å². The minimum atomic E-state index is -0.309. The molecule has 0 bridgehead atoms. The van der Waals surface area contributed by atoms with Crippen LogP contribution >= 0.6 is 0 Å². The third kappa shape index (κ3) is 6.52. The zero-order valence-corrected chi connectivity index (χ0v) is 9.85.